The molecule has 2 N–H and O–H groups in total. The summed E-state index contributed by atoms with van der Waals surface area (Å²) >= 11 is 6.02. The smallest absolute Gasteiger partial charge is 0.336 e. The summed E-state index contributed by atoms with van der Waals surface area (Å²) in [5.41, 5.74) is 3.39. The van der Waals surface area contributed by atoms with E-state index in [0.29, 0.717) is 34.3 Å². The van der Waals surface area contributed by atoms with E-state index in [9.17, 15) is 19.5 Å². The van der Waals surface area contributed by atoms with Gasteiger partial charge in [0.25, 0.3) is 5.91 Å². The molecule has 0 spiro atoms. The van der Waals surface area contributed by atoms with Crippen LogP contribution in [0.15, 0.2) is 65.6 Å². The fourth-order valence-electron chi connectivity index (χ4n) is 5.39. The Balaban J connectivity index is 1.30. The number of fused-ring (bicyclic) bond motifs is 1. The Kier molecular flexibility index (Phi) is 7.33. The van der Waals surface area contributed by atoms with E-state index in [1.807, 2.05) is 28.8 Å². The molecular weight excluding hydrogens is 504 g/mol. The van der Waals surface area contributed by atoms with Crippen LogP contribution in [0.1, 0.15) is 57.7 Å². The van der Waals surface area contributed by atoms with Gasteiger partial charge in [-0.15, -0.1) is 0 Å². The number of carboxylic acid groups (broad SMARTS) is 1. The van der Waals surface area contributed by atoms with E-state index in [0.717, 1.165) is 36.7 Å². The Morgan fingerprint density at radius 2 is 1.66 bits per heavy atom. The zero-order valence-electron chi connectivity index (χ0n) is 21.1. The third-order valence-corrected chi connectivity index (χ3v) is 7.63. The summed E-state index contributed by atoms with van der Waals surface area (Å²) in [7, 11) is 0. The SMILES string of the molecule is Cc1ncc(Cl)cc1C(=O)NC1CCC(Cn2c(=O)n(Cc3ccccc3C(=O)O)c3ccccc32)CC1. The highest BCUT2D eigenvalue weighted by atomic mass is 35.5. The number of aryl methyl sites for hydroxylation is 1. The van der Waals surface area contributed by atoms with E-state index in [-0.39, 0.29) is 29.7 Å². The molecule has 5 rings (SSSR count). The lowest BCUT2D eigenvalue weighted by Crippen LogP contribution is -2.39. The van der Waals surface area contributed by atoms with Crippen molar-refractivity contribution in [1.82, 2.24) is 19.4 Å². The summed E-state index contributed by atoms with van der Waals surface area (Å²) < 4.78 is 3.47. The van der Waals surface area contributed by atoms with Gasteiger partial charge >= 0.3 is 11.7 Å². The number of rotatable bonds is 7. The number of hydrogen-bond donors (Lipinski definition) is 2. The summed E-state index contributed by atoms with van der Waals surface area (Å²) in [6.45, 7) is 2.55. The first kappa shape index (κ1) is 25.7. The number of carboxylic acids is 1. The molecule has 1 fully saturated rings. The van der Waals surface area contributed by atoms with Gasteiger partial charge in [-0.3, -0.25) is 18.9 Å². The van der Waals surface area contributed by atoms with E-state index in [4.69, 9.17) is 11.6 Å². The van der Waals surface area contributed by atoms with Gasteiger partial charge in [0.05, 0.1) is 39.4 Å². The number of amides is 1. The van der Waals surface area contributed by atoms with Crippen molar-refractivity contribution in [1.29, 1.82) is 0 Å². The number of hydrogen-bond acceptors (Lipinski definition) is 4. The first-order chi connectivity index (χ1) is 18.3. The fraction of sp³-hybridized carbons (Fsp3) is 0.310. The van der Waals surface area contributed by atoms with Crippen LogP contribution in [0.2, 0.25) is 5.02 Å². The molecular formula is C29H29ClN4O4. The van der Waals surface area contributed by atoms with E-state index < -0.39 is 5.97 Å². The maximum absolute atomic E-state index is 13.6. The van der Waals surface area contributed by atoms with Crippen LogP contribution in [0.25, 0.3) is 11.0 Å². The number of carbonyl (C=O) groups is 2. The number of nitrogens with zero attached hydrogens (tertiary/aromatic N) is 3. The summed E-state index contributed by atoms with van der Waals surface area (Å²) in [5, 5.41) is 13.1. The lowest BCUT2D eigenvalue weighted by Gasteiger charge is -2.29. The number of nitrogens with one attached hydrogen (secondary N) is 1. The van der Waals surface area contributed by atoms with Gasteiger partial charge in [0.15, 0.2) is 0 Å². The topological polar surface area (TPSA) is 106 Å². The van der Waals surface area contributed by atoms with Crippen molar-refractivity contribution in [3.05, 3.63) is 98.7 Å². The zero-order chi connectivity index (χ0) is 26.8. The van der Waals surface area contributed by atoms with Gasteiger partial charge in [-0.1, -0.05) is 41.9 Å². The Labute approximate surface area is 224 Å². The molecule has 1 amide bonds. The Morgan fingerprint density at radius 3 is 2.37 bits per heavy atom. The van der Waals surface area contributed by atoms with Crippen molar-refractivity contribution in [3.8, 4) is 0 Å². The van der Waals surface area contributed by atoms with Gasteiger partial charge in [-0.25, -0.2) is 9.59 Å². The quantitative estimate of drug-likeness (QED) is 0.352. The number of benzene rings is 2. The van der Waals surface area contributed by atoms with Crippen LogP contribution in [0, 0.1) is 12.8 Å². The summed E-state index contributed by atoms with van der Waals surface area (Å²) in [6.07, 6.45) is 4.94. The minimum atomic E-state index is -1.01. The van der Waals surface area contributed by atoms with Crippen LogP contribution in [-0.2, 0) is 13.1 Å². The standard InChI is InChI=1S/C29H29ClN4O4/c1-18-24(14-21(30)15-31-18)27(35)32-22-12-10-19(11-13-22)16-33-25-8-4-5-9-26(25)34(29(33)38)17-20-6-2-3-7-23(20)28(36)37/h2-9,14-15,19,22H,10-13,16-17H2,1H3,(H,32,35)(H,36,37). The monoisotopic (exact) mass is 532 g/mol. The predicted molar refractivity (Wildman–Crippen MR) is 146 cm³/mol. The van der Waals surface area contributed by atoms with E-state index in [2.05, 4.69) is 10.3 Å². The summed E-state index contributed by atoms with van der Waals surface area (Å²) in [4.78, 5) is 42.2. The highest BCUT2D eigenvalue weighted by Crippen LogP contribution is 2.27. The zero-order valence-corrected chi connectivity index (χ0v) is 21.8. The fourth-order valence-corrected chi connectivity index (χ4v) is 5.54. The van der Waals surface area contributed by atoms with Crippen molar-refractivity contribution in [2.45, 2.75) is 51.7 Å². The second-order valence-electron chi connectivity index (χ2n) is 9.91. The molecule has 2 heterocycles. The normalized spacial score (nSPS) is 17.4. The van der Waals surface area contributed by atoms with Gasteiger partial charge < -0.3 is 10.4 Å². The molecule has 0 radical (unpaired) electrons. The molecule has 38 heavy (non-hydrogen) atoms. The van der Waals surface area contributed by atoms with Crippen molar-refractivity contribution >= 4 is 34.5 Å². The van der Waals surface area contributed by atoms with E-state index in [1.54, 1.807) is 41.8 Å². The third-order valence-electron chi connectivity index (χ3n) is 7.42. The van der Waals surface area contributed by atoms with Crippen molar-refractivity contribution < 1.29 is 14.7 Å². The maximum atomic E-state index is 13.6. The Hall–Kier alpha value is -3.91. The van der Waals surface area contributed by atoms with Crippen LogP contribution in [-0.4, -0.2) is 37.1 Å². The highest BCUT2D eigenvalue weighted by molar-refractivity contribution is 6.30. The van der Waals surface area contributed by atoms with Gasteiger partial charge in [0.2, 0.25) is 0 Å². The number of halogens is 1. The molecule has 1 saturated carbocycles. The number of aromatic nitrogens is 3. The molecule has 8 nitrogen and oxygen atoms in total. The molecule has 0 saturated heterocycles. The minimum Gasteiger partial charge on any atom is -0.478 e. The number of pyridine rings is 1. The molecule has 9 heteroatoms. The van der Waals surface area contributed by atoms with Crippen molar-refractivity contribution in [2.24, 2.45) is 5.92 Å². The molecule has 1 aliphatic carbocycles. The third kappa shape index (κ3) is 5.22. The van der Waals surface area contributed by atoms with E-state index >= 15 is 0 Å². The van der Waals surface area contributed by atoms with Crippen LogP contribution in [0.3, 0.4) is 0 Å². The number of para-hydroxylation sites is 2. The lowest BCUT2D eigenvalue weighted by molar-refractivity contribution is 0.0695. The highest BCUT2D eigenvalue weighted by Gasteiger charge is 2.26. The number of imidazole rings is 1. The van der Waals surface area contributed by atoms with Crippen molar-refractivity contribution in [2.75, 3.05) is 0 Å². The van der Waals surface area contributed by atoms with Gasteiger partial charge in [-0.05, 0) is 68.4 Å². The number of carbonyl (C=O) groups excluding carboxylic acids is 1. The van der Waals surface area contributed by atoms with Crippen LogP contribution < -0.4 is 11.0 Å². The molecule has 2 aromatic carbocycles. The van der Waals surface area contributed by atoms with Gasteiger partial charge in [0.1, 0.15) is 0 Å². The molecule has 4 aromatic rings. The van der Waals surface area contributed by atoms with E-state index in [1.165, 1.54) is 6.20 Å². The minimum absolute atomic E-state index is 0.0581. The molecule has 0 aliphatic heterocycles. The second-order valence-corrected chi connectivity index (χ2v) is 10.3. The van der Waals surface area contributed by atoms with Crippen LogP contribution in [0.4, 0.5) is 0 Å². The maximum Gasteiger partial charge on any atom is 0.336 e. The second kappa shape index (κ2) is 10.8. The van der Waals surface area contributed by atoms with Crippen molar-refractivity contribution in [3.63, 3.8) is 0 Å². The first-order valence-electron chi connectivity index (χ1n) is 12.7. The molecule has 196 valence electrons. The van der Waals surface area contributed by atoms with Crippen LogP contribution in [0.5, 0.6) is 0 Å². The largest absolute Gasteiger partial charge is 0.478 e. The molecule has 1 aliphatic rings. The summed E-state index contributed by atoms with van der Waals surface area (Å²) in [6, 6.07) is 16.1. The molecule has 0 unspecified atom stereocenters. The number of aromatic carboxylic acids is 1. The van der Waals surface area contributed by atoms with Gasteiger partial charge in [0, 0.05) is 18.8 Å². The average Bonchev–Trinajstić information content (AvgIpc) is 3.17. The molecule has 2 aromatic heterocycles. The average molecular weight is 533 g/mol. The Morgan fingerprint density at radius 1 is 1.00 bits per heavy atom. The first-order valence-corrected chi connectivity index (χ1v) is 13.1. The molecule has 0 bridgehead atoms. The predicted octanol–water partition coefficient (Wildman–Crippen LogP) is 4.90. The summed E-state index contributed by atoms with van der Waals surface area (Å²) in [5.74, 6) is -0.883. The Bertz CT molecular complexity index is 1570. The lowest BCUT2D eigenvalue weighted by atomic mass is 9.85. The molecule has 0 atom stereocenters. The van der Waals surface area contributed by atoms with Gasteiger partial charge in [-0.2, -0.15) is 0 Å². The van der Waals surface area contributed by atoms with Crippen LogP contribution >= 0.6 is 11.6 Å².